The first-order valence-electron chi connectivity index (χ1n) is 8.55. The second kappa shape index (κ2) is 7.25. The number of aromatic nitrogens is 3. The van der Waals surface area contributed by atoms with Crippen LogP contribution in [0, 0.1) is 17.8 Å². The lowest BCUT2D eigenvalue weighted by Gasteiger charge is -2.31. The van der Waals surface area contributed by atoms with Crippen LogP contribution in [0.15, 0.2) is 43.1 Å². The predicted molar refractivity (Wildman–Crippen MR) is 91.5 cm³/mol. The largest absolute Gasteiger partial charge is 0.380 e. The van der Waals surface area contributed by atoms with Crippen LogP contribution in [0.2, 0.25) is 0 Å². The highest BCUT2D eigenvalue weighted by molar-refractivity contribution is 5.92. The molecule has 0 spiro atoms. The lowest BCUT2D eigenvalue weighted by atomic mass is 9.82. The molecule has 2 fully saturated rings. The van der Waals surface area contributed by atoms with Gasteiger partial charge in [-0.05, 0) is 23.5 Å². The summed E-state index contributed by atoms with van der Waals surface area (Å²) in [5.41, 5.74) is 1.20. The first kappa shape index (κ1) is 16.1. The summed E-state index contributed by atoms with van der Waals surface area (Å²) in [5, 5.41) is 2.87. The minimum atomic E-state index is -0.153. The van der Waals surface area contributed by atoms with Crippen molar-refractivity contribution < 1.29 is 9.53 Å². The van der Waals surface area contributed by atoms with Gasteiger partial charge in [-0.25, -0.2) is 4.98 Å². The van der Waals surface area contributed by atoms with E-state index < -0.39 is 0 Å². The van der Waals surface area contributed by atoms with Gasteiger partial charge in [-0.2, -0.15) is 0 Å². The van der Waals surface area contributed by atoms with E-state index in [1.54, 1.807) is 24.8 Å². The van der Waals surface area contributed by atoms with Crippen LogP contribution in [-0.2, 0) is 16.1 Å². The maximum Gasteiger partial charge on any atom is 0.231 e. The minimum Gasteiger partial charge on any atom is -0.380 e. The van der Waals surface area contributed by atoms with E-state index in [-0.39, 0.29) is 11.8 Å². The van der Waals surface area contributed by atoms with Crippen LogP contribution < -0.4 is 5.32 Å². The number of amides is 1. The molecule has 2 aliphatic rings. The van der Waals surface area contributed by atoms with Gasteiger partial charge in [0.2, 0.25) is 5.91 Å². The molecule has 130 valence electrons. The Labute approximate surface area is 146 Å². The summed E-state index contributed by atoms with van der Waals surface area (Å²) in [6.45, 7) is 3.91. The summed E-state index contributed by atoms with van der Waals surface area (Å²) in [6.07, 6.45) is 8.40. The van der Waals surface area contributed by atoms with Crippen molar-refractivity contribution in [3.8, 4) is 0 Å². The zero-order chi connectivity index (χ0) is 17.1. The second-order valence-electron chi connectivity index (χ2n) is 6.70. The fraction of sp³-hybridized carbons (Fsp3) is 0.444. The molecule has 0 unspecified atom stereocenters. The SMILES string of the molecule is O=C(Nc1cnccn1)[C@@H]1COC[C@@H]2CN(Cc3cccnc3)C[C@@H]21. The van der Waals surface area contributed by atoms with Gasteiger partial charge >= 0.3 is 0 Å². The standard InChI is InChI=1S/C18H21N5O2/c24-18(22-17-7-20-4-5-21-17)16-12-25-11-14-9-23(10-15(14)16)8-13-2-1-3-19-6-13/h1-7,14-16H,8-12H2,(H,21,22,24)/t14-,15-,16+/m0/s1. The number of pyridine rings is 1. The molecule has 0 radical (unpaired) electrons. The zero-order valence-corrected chi connectivity index (χ0v) is 13.9. The number of likely N-dealkylation sites (tertiary alicyclic amines) is 1. The lowest BCUT2D eigenvalue weighted by Crippen LogP contribution is -2.42. The van der Waals surface area contributed by atoms with E-state index in [1.165, 1.54) is 5.56 Å². The minimum absolute atomic E-state index is 0.0292. The van der Waals surface area contributed by atoms with E-state index in [4.69, 9.17) is 4.74 Å². The lowest BCUT2D eigenvalue weighted by molar-refractivity contribution is -0.128. The van der Waals surface area contributed by atoms with Gasteiger partial charge in [-0.3, -0.25) is 19.7 Å². The van der Waals surface area contributed by atoms with Crippen LogP contribution in [-0.4, -0.2) is 52.1 Å². The third-order valence-electron chi connectivity index (χ3n) is 4.99. The number of fused-ring (bicyclic) bond motifs is 1. The monoisotopic (exact) mass is 339 g/mol. The quantitative estimate of drug-likeness (QED) is 0.902. The van der Waals surface area contributed by atoms with Crippen molar-refractivity contribution in [3.63, 3.8) is 0 Å². The molecule has 7 heteroatoms. The van der Waals surface area contributed by atoms with Gasteiger partial charge < -0.3 is 10.1 Å². The molecule has 0 aromatic carbocycles. The number of hydrogen-bond acceptors (Lipinski definition) is 6. The summed E-state index contributed by atoms with van der Waals surface area (Å²) in [4.78, 5) is 27.4. The van der Waals surface area contributed by atoms with Gasteiger partial charge in [0.15, 0.2) is 5.82 Å². The van der Waals surface area contributed by atoms with E-state index in [0.717, 1.165) is 26.2 Å². The van der Waals surface area contributed by atoms with Gasteiger partial charge in [-0.15, -0.1) is 0 Å². The number of nitrogens with zero attached hydrogens (tertiary/aromatic N) is 4. The fourth-order valence-corrected chi connectivity index (χ4v) is 3.82. The maximum atomic E-state index is 12.7. The third-order valence-corrected chi connectivity index (χ3v) is 4.99. The van der Waals surface area contributed by atoms with Crippen molar-refractivity contribution in [2.45, 2.75) is 6.54 Å². The highest BCUT2D eigenvalue weighted by atomic mass is 16.5. The molecule has 1 N–H and O–H groups in total. The molecule has 0 aliphatic carbocycles. The molecule has 25 heavy (non-hydrogen) atoms. The molecule has 0 bridgehead atoms. The van der Waals surface area contributed by atoms with Crippen molar-refractivity contribution in [1.29, 1.82) is 0 Å². The van der Waals surface area contributed by atoms with E-state index in [2.05, 4.69) is 31.2 Å². The van der Waals surface area contributed by atoms with Crippen LogP contribution in [0.5, 0.6) is 0 Å². The van der Waals surface area contributed by atoms with Crippen LogP contribution in [0.4, 0.5) is 5.82 Å². The van der Waals surface area contributed by atoms with Gasteiger partial charge in [0.1, 0.15) is 0 Å². The number of anilines is 1. The average molecular weight is 339 g/mol. The maximum absolute atomic E-state index is 12.7. The molecule has 2 aromatic heterocycles. The van der Waals surface area contributed by atoms with Gasteiger partial charge in [0.25, 0.3) is 0 Å². The Kier molecular flexibility index (Phi) is 4.67. The van der Waals surface area contributed by atoms with Crippen LogP contribution in [0.3, 0.4) is 0 Å². The Balaban J connectivity index is 1.41. The Morgan fingerprint density at radius 3 is 2.92 bits per heavy atom. The summed E-state index contributed by atoms with van der Waals surface area (Å²) < 4.78 is 5.72. The molecular weight excluding hydrogens is 318 g/mol. The molecule has 0 saturated carbocycles. The molecule has 7 nitrogen and oxygen atoms in total. The topological polar surface area (TPSA) is 80.2 Å². The number of ether oxygens (including phenoxy) is 1. The number of rotatable bonds is 4. The van der Waals surface area contributed by atoms with E-state index in [1.807, 2.05) is 12.3 Å². The molecule has 2 aromatic rings. The molecular formula is C18H21N5O2. The summed E-state index contributed by atoms with van der Waals surface area (Å²) >= 11 is 0. The Bertz CT molecular complexity index is 712. The van der Waals surface area contributed by atoms with Gasteiger partial charge in [0, 0.05) is 44.4 Å². The number of hydrogen-bond donors (Lipinski definition) is 1. The number of carbonyl (C=O) groups excluding carboxylic acids is 1. The predicted octanol–water partition coefficient (Wildman–Crippen LogP) is 1.20. The van der Waals surface area contributed by atoms with E-state index in [0.29, 0.717) is 24.3 Å². The van der Waals surface area contributed by atoms with Crippen LogP contribution in [0.1, 0.15) is 5.56 Å². The van der Waals surface area contributed by atoms with Crippen molar-refractivity contribution >= 4 is 11.7 Å². The van der Waals surface area contributed by atoms with Crippen molar-refractivity contribution in [2.24, 2.45) is 17.8 Å². The first-order valence-corrected chi connectivity index (χ1v) is 8.55. The molecule has 1 amide bonds. The molecule has 4 rings (SSSR count). The van der Waals surface area contributed by atoms with Gasteiger partial charge in [-0.1, -0.05) is 6.07 Å². The van der Waals surface area contributed by atoms with E-state index in [9.17, 15) is 4.79 Å². The smallest absolute Gasteiger partial charge is 0.231 e. The summed E-state index contributed by atoms with van der Waals surface area (Å²) in [7, 11) is 0. The number of carbonyl (C=O) groups is 1. The Morgan fingerprint density at radius 2 is 2.12 bits per heavy atom. The molecule has 4 heterocycles. The summed E-state index contributed by atoms with van der Waals surface area (Å²) in [6, 6.07) is 4.04. The Morgan fingerprint density at radius 1 is 1.20 bits per heavy atom. The van der Waals surface area contributed by atoms with Crippen molar-refractivity contribution in [3.05, 3.63) is 48.7 Å². The average Bonchev–Trinajstić information content (AvgIpc) is 3.05. The fourth-order valence-electron chi connectivity index (χ4n) is 3.82. The normalized spacial score (nSPS) is 26.2. The zero-order valence-electron chi connectivity index (χ0n) is 13.9. The second-order valence-corrected chi connectivity index (χ2v) is 6.70. The highest BCUT2D eigenvalue weighted by Crippen LogP contribution is 2.35. The number of nitrogens with one attached hydrogen (secondary N) is 1. The van der Waals surface area contributed by atoms with Crippen molar-refractivity contribution in [2.75, 3.05) is 31.6 Å². The van der Waals surface area contributed by atoms with Crippen LogP contribution in [0.25, 0.3) is 0 Å². The molecule has 2 aliphatic heterocycles. The Hall–Kier alpha value is -2.38. The first-order chi connectivity index (χ1) is 12.3. The van der Waals surface area contributed by atoms with Gasteiger partial charge in [0.05, 0.1) is 25.3 Å². The van der Waals surface area contributed by atoms with E-state index >= 15 is 0 Å². The molecule has 3 atom stereocenters. The third kappa shape index (κ3) is 3.67. The highest BCUT2D eigenvalue weighted by Gasteiger charge is 2.43. The van der Waals surface area contributed by atoms with Crippen molar-refractivity contribution in [1.82, 2.24) is 19.9 Å². The van der Waals surface area contributed by atoms with Crippen LogP contribution >= 0.6 is 0 Å². The summed E-state index contributed by atoms with van der Waals surface area (Å²) in [5.74, 6) is 1.00. The molecule has 2 saturated heterocycles.